The van der Waals surface area contributed by atoms with Crippen molar-refractivity contribution in [2.75, 3.05) is 25.1 Å². The summed E-state index contributed by atoms with van der Waals surface area (Å²) in [6, 6.07) is 3.73. The van der Waals surface area contributed by atoms with E-state index >= 15 is 0 Å². The van der Waals surface area contributed by atoms with Gasteiger partial charge >= 0.3 is 0 Å². The Morgan fingerprint density at radius 1 is 1.35 bits per heavy atom. The van der Waals surface area contributed by atoms with Gasteiger partial charge in [0.15, 0.2) is 0 Å². The van der Waals surface area contributed by atoms with E-state index in [4.69, 9.17) is 4.74 Å². The molecule has 5 nitrogen and oxygen atoms in total. The molecule has 17 heavy (non-hydrogen) atoms. The van der Waals surface area contributed by atoms with Gasteiger partial charge in [-0.2, -0.15) is 0 Å². The van der Waals surface area contributed by atoms with E-state index in [9.17, 15) is 4.79 Å². The third-order valence-corrected chi connectivity index (χ3v) is 2.83. The maximum atomic E-state index is 11.5. The fourth-order valence-corrected chi connectivity index (χ4v) is 1.89. The number of hydrogen-bond donors (Lipinski definition) is 2. The summed E-state index contributed by atoms with van der Waals surface area (Å²) in [6.45, 7) is 2.53. The van der Waals surface area contributed by atoms with Crippen molar-refractivity contribution in [3.05, 3.63) is 24.5 Å². The molecule has 1 aromatic heterocycles. The van der Waals surface area contributed by atoms with Gasteiger partial charge in [-0.1, -0.05) is 0 Å². The van der Waals surface area contributed by atoms with Crippen molar-refractivity contribution in [1.29, 1.82) is 0 Å². The standard InChI is InChI=1S/C12H19N3O2/c16-12(14-15-8-1-2-9-15)5-10-17-11-3-6-13-7-4-11/h1-2,8-9,11,13H,3-7,10H2,(H,14,16). The van der Waals surface area contributed by atoms with Gasteiger partial charge in [-0.25, -0.2) is 0 Å². The lowest BCUT2D eigenvalue weighted by atomic mass is 10.1. The summed E-state index contributed by atoms with van der Waals surface area (Å²) >= 11 is 0. The average molecular weight is 237 g/mol. The van der Waals surface area contributed by atoms with E-state index < -0.39 is 0 Å². The van der Waals surface area contributed by atoms with Crippen molar-refractivity contribution in [1.82, 2.24) is 9.99 Å². The molecule has 5 heteroatoms. The van der Waals surface area contributed by atoms with E-state index in [2.05, 4.69) is 10.7 Å². The first-order valence-electron chi connectivity index (χ1n) is 6.10. The highest BCUT2D eigenvalue weighted by atomic mass is 16.5. The van der Waals surface area contributed by atoms with Crippen molar-refractivity contribution in [3.63, 3.8) is 0 Å². The summed E-state index contributed by atoms with van der Waals surface area (Å²) in [5, 5.41) is 3.28. The van der Waals surface area contributed by atoms with Gasteiger partial charge in [0.2, 0.25) is 5.91 Å². The number of amides is 1. The van der Waals surface area contributed by atoms with Crippen molar-refractivity contribution in [3.8, 4) is 0 Å². The smallest absolute Gasteiger partial charge is 0.241 e. The van der Waals surface area contributed by atoms with E-state index in [0.717, 1.165) is 25.9 Å². The number of nitrogens with one attached hydrogen (secondary N) is 2. The van der Waals surface area contributed by atoms with E-state index in [1.54, 1.807) is 17.1 Å². The normalized spacial score (nSPS) is 16.9. The Kier molecular flexibility index (Phi) is 4.58. The van der Waals surface area contributed by atoms with Crippen LogP contribution in [0.1, 0.15) is 19.3 Å². The SMILES string of the molecule is O=C(CCOC1CCNCC1)Nn1cccc1. The summed E-state index contributed by atoms with van der Waals surface area (Å²) < 4.78 is 7.31. The van der Waals surface area contributed by atoms with Crippen LogP contribution in [0.15, 0.2) is 24.5 Å². The summed E-state index contributed by atoms with van der Waals surface area (Å²) in [6.07, 6.45) is 6.40. The molecule has 1 saturated heterocycles. The molecule has 2 rings (SSSR count). The topological polar surface area (TPSA) is 55.3 Å². The Bertz CT molecular complexity index is 332. The van der Waals surface area contributed by atoms with Crippen LogP contribution in [-0.2, 0) is 9.53 Å². The lowest BCUT2D eigenvalue weighted by Crippen LogP contribution is -2.33. The molecule has 0 atom stereocenters. The lowest BCUT2D eigenvalue weighted by Gasteiger charge is -2.22. The fraction of sp³-hybridized carbons (Fsp3) is 0.583. The van der Waals surface area contributed by atoms with Gasteiger partial charge in [0, 0.05) is 12.4 Å². The molecule has 2 N–H and O–H groups in total. The molecule has 0 spiro atoms. The van der Waals surface area contributed by atoms with Crippen LogP contribution in [0.4, 0.5) is 0 Å². The predicted molar refractivity (Wildman–Crippen MR) is 65.3 cm³/mol. The third-order valence-electron chi connectivity index (χ3n) is 2.83. The number of ether oxygens (including phenoxy) is 1. The Morgan fingerprint density at radius 2 is 2.06 bits per heavy atom. The van der Waals surface area contributed by atoms with Gasteiger partial charge < -0.3 is 10.1 Å². The van der Waals surface area contributed by atoms with Gasteiger partial charge in [0.05, 0.1) is 19.1 Å². The zero-order valence-electron chi connectivity index (χ0n) is 9.89. The largest absolute Gasteiger partial charge is 0.378 e. The van der Waals surface area contributed by atoms with Crippen LogP contribution in [0.5, 0.6) is 0 Å². The molecule has 0 radical (unpaired) electrons. The van der Waals surface area contributed by atoms with Gasteiger partial charge in [-0.15, -0.1) is 0 Å². The maximum Gasteiger partial charge on any atom is 0.241 e. The van der Waals surface area contributed by atoms with E-state index in [1.807, 2.05) is 12.1 Å². The highest BCUT2D eigenvalue weighted by molar-refractivity contribution is 5.83. The Labute approximate surface area is 101 Å². The molecule has 1 aliphatic heterocycles. The molecule has 0 aliphatic carbocycles. The van der Waals surface area contributed by atoms with E-state index in [1.165, 1.54) is 0 Å². The van der Waals surface area contributed by atoms with Crippen LogP contribution in [0.2, 0.25) is 0 Å². The van der Waals surface area contributed by atoms with Gasteiger partial charge in [-0.3, -0.25) is 14.9 Å². The first-order valence-corrected chi connectivity index (χ1v) is 6.10. The number of carbonyl (C=O) groups excluding carboxylic acids is 1. The monoisotopic (exact) mass is 237 g/mol. The minimum atomic E-state index is -0.0184. The number of carbonyl (C=O) groups is 1. The number of hydrogen-bond acceptors (Lipinski definition) is 3. The summed E-state index contributed by atoms with van der Waals surface area (Å²) in [5.41, 5.74) is 2.75. The fourth-order valence-electron chi connectivity index (χ4n) is 1.89. The van der Waals surface area contributed by atoms with E-state index in [-0.39, 0.29) is 5.91 Å². The zero-order chi connectivity index (χ0) is 11.9. The zero-order valence-corrected chi connectivity index (χ0v) is 9.89. The van der Waals surface area contributed by atoms with Gasteiger partial charge in [0.25, 0.3) is 0 Å². The minimum Gasteiger partial charge on any atom is -0.378 e. The predicted octanol–water partition coefficient (Wildman–Crippen LogP) is 0.717. The second-order valence-corrected chi connectivity index (χ2v) is 4.20. The highest BCUT2D eigenvalue weighted by Crippen LogP contribution is 2.07. The number of piperidine rings is 1. The van der Waals surface area contributed by atoms with Crippen molar-refractivity contribution < 1.29 is 9.53 Å². The number of rotatable bonds is 5. The third kappa shape index (κ3) is 4.20. The molecule has 0 aromatic carbocycles. The van der Waals surface area contributed by atoms with Crippen molar-refractivity contribution >= 4 is 5.91 Å². The van der Waals surface area contributed by atoms with E-state index in [0.29, 0.717) is 19.1 Å². The van der Waals surface area contributed by atoms with Crippen LogP contribution in [-0.4, -0.2) is 36.4 Å². The molecule has 2 heterocycles. The number of aromatic nitrogens is 1. The molecule has 0 saturated carbocycles. The van der Waals surface area contributed by atoms with Gasteiger partial charge in [-0.05, 0) is 38.1 Å². The van der Waals surface area contributed by atoms with Crippen molar-refractivity contribution in [2.45, 2.75) is 25.4 Å². The van der Waals surface area contributed by atoms with Crippen LogP contribution in [0.3, 0.4) is 0 Å². The van der Waals surface area contributed by atoms with Crippen LogP contribution in [0.25, 0.3) is 0 Å². The first kappa shape index (κ1) is 12.1. The molecule has 0 bridgehead atoms. The Hall–Kier alpha value is -1.33. The minimum absolute atomic E-state index is 0.0184. The number of nitrogens with zero attached hydrogens (tertiary/aromatic N) is 1. The molecule has 1 fully saturated rings. The molecule has 0 unspecified atom stereocenters. The highest BCUT2D eigenvalue weighted by Gasteiger charge is 2.13. The molecular formula is C12H19N3O2. The quantitative estimate of drug-likeness (QED) is 0.793. The summed E-state index contributed by atoms with van der Waals surface area (Å²) in [4.78, 5) is 11.5. The second kappa shape index (κ2) is 6.42. The van der Waals surface area contributed by atoms with Crippen LogP contribution >= 0.6 is 0 Å². The molecular weight excluding hydrogens is 218 g/mol. The second-order valence-electron chi connectivity index (χ2n) is 4.20. The maximum absolute atomic E-state index is 11.5. The lowest BCUT2D eigenvalue weighted by molar-refractivity contribution is -0.118. The molecule has 94 valence electrons. The Balaban J connectivity index is 1.59. The Morgan fingerprint density at radius 3 is 2.76 bits per heavy atom. The summed E-state index contributed by atoms with van der Waals surface area (Å²) in [7, 11) is 0. The van der Waals surface area contributed by atoms with Crippen molar-refractivity contribution in [2.24, 2.45) is 0 Å². The summed E-state index contributed by atoms with van der Waals surface area (Å²) in [5.74, 6) is -0.0184. The van der Waals surface area contributed by atoms with Crippen LogP contribution in [0, 0.1) is 0 Å². The molecule has 1 aromatic rings. The first-order chi connectivity index (χ1) is 8.34. The molecule has 1 aliphatic rings. The van der Waals surface area contributed by atoms with Crippen LogP contribution < -0.4 is 10.7 Å². The van der Waals surface area contributed by atoms with Gasteiger partial charge in [0.1, 0.15) is 0 Å². The average Bonchev–Trinajstić information content (AvgIpc) is 2.83. The molecule has 1 amide bonds.